The Hall–Kier alpha value is -1.91. The van der Waals surface area contributed by atoms with Crippen molar-refractivity contribution in [2.75, 3.05) is 0 Å². The zero-order chi connectivity index (χ0) is 10.3. The molecule has 2 aromatic heterocycles. The number of rotatable bonds is 1. The lowest BCUT2D eigenvalue weighted by atomic mass is 10.1. The van der Waals surface area contributed by atoms with Crippen LogP contribution >= 0.6 is 0 Å². The minimum Gasteiger partial charge on any atom is -0.478 e. The monoisotopic (exact) mass is 191 g/mol. The number of nitrogens with zero attached hydrogens (tertiary/aromatic N) is 3. The van der Waals surface area contributed by atoms with Gasteiger partial charge in [-0.2, -0.15) is 5.10 Å². The van der Waals surface area contributed by atoms with Gasteiger partial charge >= 0.3 is 5.97 Å². The predicted octanol–water partition coefficient (Wildman–Crippen LogP) is 0.975. The molecule has 1 N–H and O–H groups in total. The summed E-state index contributed by atoms with van der Waals surface area (Å²) in [5.41, 5.74) is 1.54. The number of aryl methyl sites for hydroxylation is 2. The third-order valence-electron chi connectivity index (χ3n) is 2.25. The number of carboxylic acids is 1. The molecule has 14 heavy (non-hydrogen) atoms. The van der Waals surface area contributed by atoms with Crippen molar-refractivity contribution < 1.29 is 9.90 Å². The molecule has 0 saturated carbocycles. The third kappa shape index (κ3) is 1.06. The van der Waals surface area contributed by atoms with Crippen molar-refractivity contribution >= 4 is 17.0 Å². The van der Waals surface area contributed by atoms with E-state index in [-0.39, 0.29) is 5.56 Å². The molecule has 0 aliphatic heterocycles. The smallest absolute Gasteiger partial charge is 0.336 e. The van der Waals surface area contributed by atoms with Crippen molar-refractivity contribution in [2.24, 2.45) is 7.05 Å². The third-order valence-corrected chi connectivity index (χ3v) is 2.25. The topological polar surface area (TPSA) is 68.0 Å². The maximum absolute atomic E-state index is 10.9. The normalized spacial score (nSPS) is 10.7. The van der Waals surface area contributed by atoms with Crippen LogP contribution in [0.5, 0.6) is 0 Å². The zero-order valence-electron chi connectivity index (χ0n) is 7.85. The summed E-state index contributed by atoms with van der Waals surface area (Å²) >= 11 is 0. The largest absolute Gasteiger partial charge is 0.478 e. The lowest BCUT2D eigenvalue weighted by Gasteiger charge is -1.96. The summed E-state index contributed by atoms with van der Waals surface area (Å²) in [6.07, 6.45) is 1.46. The van der Waals surface area contributed by atoms with Crippen molar-refractivity contribution in [2.45, 2.75) is 6.92 Å². The molecular formula is C9H9N3O2. The van der Waals surface area contributed by atoms with Crippen molar-refractivity contribution in [3.8, 4) is 0 Å². The second-order valence-corrected chi connectivity index (χ2v) is 3.07. The quantitative estimate of drug-likeness (QED) is 0.729. The van der Waals surface area contributed by atoms with E-state index in [2.05, 4.69) is 10.1 Å². The van der Waals surface area contributed by atoms with Crippen LogP contribution in [0.15, 0.2) is 12.3 Å². The Morgan fingerprint density at radius 1 is 1.57 bits per heavy atom. The van der Waals surface area contributed by atoms with Crippen molar-refractivity contribution in [1.29, 1.82) is 0 Å². The highest BCUT2D eigenvalue weighted by atomic mass is 16.4. The molecule has 0 unspecified atom stereocenters. The van der Waals surface area contributed by atoms with Crippen LogP contribution in [0.3, 0.4) is 0 Å². The summed E-state index contributed by atoms with van der Waals surface area (Å²) < 4.78 is 1.63. The molecule has 0 aliphatic rings. The Labute approximate surface area is 80.0 Å². The Balaban J connectivity index is 2.91. The first kappa shape index (κ1) is 8.68. The molecule has 0 aliphatic carbocycles. The van der Waals surface area contributed by atoms with E-state index in [4.69, 9.17) is 5.11 Å². The minimum atomic E-state index is -0.950. The summed E-state index contributed by atoms with van der Waals surface area (Å²) in [5.74, 6) is -0.950. The second kappa shape index (κ2) is 2.80. The highest BCUT2D eigenvalue weighted by molar-refractivity contribution is 6.02. The maximum Gasteiger partial charge on any atom is 0.336 e. The molecule has 0 bridgehead atoms. The summed E-state index contributed by atoms with van der Waals surface area (Å²) in [4.78, 5) is 14.9. The van der Waals surface area contributed by atoms with Gasteiger partial charge in [0.15, 0.2) is 5.65 Å². The number of pyridine rings is 1. The van der Waals surface area contributed by atoms with Gasteiger partial charge in [-0.1, -0.05) is 0 Å². The highest BCUT2D eigenvalue weighted by Crippen LogP contribution is 2.19. The molecule has 2 rings (SSSR count). The number of carboxylic acid groups (broad SMARTS) is 1. The molecule has 0 saturated heterocycles. The lowest BCUT2D eigenvalue weighted by Crippen LogP contribution is -1.98. The summed E-state index contributed by atoms with van der Waals surface area (Å²) in [5, 5.41) is 13.7. The number of carbonyl (C=O) groups is 1. The van der Waals surface area contributed by atoms with E-state index < -0.39 is 5.97 Å². The molecule has 0 atom stereocenters. The van der Waals surface area contributed by atoms with Crippen molar-refractivity contribution in [3.63, 3.8) is 0 Å². The van der Waals surface area contributed by atoms with Crippen LogP contribution in [0.25, 0.3) is 11.0 Å². The molecule has 0 amide bonds. The molecule has 2 aromatic rings. The molecular weight excluding hydrogens is 182 g/mol. The van der Waals surface area contributed by atoms with Crippen LogP contribution in [0, 0.1) is 6.92 Å². The van der Waals surface area contributed by atoms with Crippen LogP contribution in [0.2, 0.25) is 0 Å². The number of hydrogen-bond donors (Lipinski definition) is 1. The van der Waals surface area contributed by atoms with E-state index in [0.29, 0.717) is 11.0 Å². The van der Waals surface area contributed by atoms with Gasteiger partial charge in [-0.3, -0.25) is 4.68 Å². The van der Waals surface area contributed by atoms with Crippen molar-refractivity contribution in [1.82, 2.24) is 14.8 Å². The van der Waals surface area contributed by atoms with Crippen LogP contribution in [-0.4, -0.2) is 25.8 Å². The number of fused-ring (bicyclic) bond motifs is 1. The molecule has 2 heterocycles. The van der Waals surface area contributed by atoms with E-state index in [1.54, 1.807) is 11.7 Å². The van der Waals surface area contributed by atoms with Crippen LogP contribution in [0.4, 0.5) is 0 Å². The van der Waals surface area contributed by atoms with E-state index in [1.807, 2.05) is 6.92 Å². The van der Waals surface area contributed by atoms with Crippen LogP contribution in [-0.2, 0) is 7.05 Å². The summed E-state index contributed by atoms with van der Waals surface area (Å²) in [6.45, 7) is 1.82. The van der Waals surface area contributed by atoms with Gasteiger partial charge in [0.2, 0.25) is 0 Å². The van der Waals surface area contributed by atoms with Gasteiger partial charge in [-0.15, -0.1) is 0 Å². The van der Waals surface area contributed by atoms with E-state index in [0.717, 1.165) is 5.69 Å². The van der Waals surface area contributed by atoms with Gasteiger partial charge in [-0.05, 0) is 13.0 Å². The lowest BCUT2D eigenvalue weighted by molar-refractivity contribution is 0.0699. The fourth-order valence-corrected chi connectivity index (χ4v) is 1.44. The molecule has 5 nitrogen and oxygen atoms in total. The highest BCUT2D eigenvalue weighted by Gasteiger charge is 2.14. The van der Waals surface area contributed by atoms with Gasteiger partial charge in [0.25, 0.3) is 0 Å². The van der Waals surface area contributed by atoms with E-state index in [1.165, 1.54) is 12.3 Å². The molecule has 0 spiro atoms. The Bertz CT molecular complexity index is 516. The summed E-state index contributed by atoms with van der Waals surface area (Å²) in [6, 6.07) is 1.49. The average molecular weight is 191 g/mol. The van der Waals surface area contributed by atoms with Crippen LogP contribution in [0.1, 0.15) is 16.1 Å². The maximum atomic E-state index is 10.9. The van der Waals surface area contributed by atoms with Gasteiger partial charge in [0, 0.05) is 18.9 Å². The molecule has 0 aromatic carbocycles. The average Bonchev–Trinajstić information content (AvgIpc) is 2.43. The zero-order valence-corrected chi connectivity index (χ0v) is 7.85. The fourth-order valence-electron chi connectivity index (χ4n) is 1.44. The Kier molecular flexibility index (Phi) is 1.73. The molecule has 5 heteroatoms. The van der Waals surface area contributed by atoms with Gasteiger partial charge < -0.3 is 5.11 Å². The minimum absolute atomic E-state index is 0.251. The number of aromatic carboxylic acids is 1. The first-order valence-electron chi connectivity index (χ1n) is 4.13. The fraction of sp³-hybridized carbons (Fsp3) is 0.222. The molecule has 0 radical (unpaired) electrons. The first-order chi connectivity index (χ1) is 6.61. The molecule has 72 valence electrons. The SMILES string of the molecule is Cc1c2c(C(=O)O)ccnc2nn1C. The summed E-state index contributed by atoms with van der Waals surface area (Å²) in [7, 11) is 1.77. The van der Waals surface area contributed by atoms with Gasteiger partial charge in [0.1, 0.15) is 0 Å². The van der Waals surface area contributed by atoms with E-state index >= 15 is 0 Å². The van der Waals surface area contributed by atoms with E-state index in [9.17, 15) is 4.79 Å². The number of aromatic nitrogens is 3. The Morgan fingerprint density at radius 3 is 2.93 bits per heavy atom. The van der Waals surface area contributed by atoms with Gasteiger partial charge in [0.05, 0.1) is 10.9 Å². The second-order valence-electron chi connectivity index (χ2n) is 3.07. The predicted molar refractivity (Wildman–Crippen MR) is 50.2 cm³/mol. The standard InChI is InChI=1S/C9H9N3O2/c1-5-7-6(9(13)14)3-4-10-8(7)11-12(5)2/h3-4H,1-2H3,(H,13,14). The van der Waals surface area contributed by atoms with Crippen molar-refractivity contribution in [3.05, 3.63) is 23.5 Å². The first-order valence-corrected chi connectivity index (χ1v) is 4.13. The number of hydrogen-bond acceptors (Lipinski definition) is 3. The molecule has 0 fully saturated rings. The Morgan fingerprint density at radius 2 is 2.29 bits per heavy atom. The van der Waals surface area contributed by atoms with Crippen LogP contribution < -0.4 is 0 Å². The van der Waals surface area contributed by atoms with Gasteiger partial charge in [-0.25, -0.2) is 9.78 Å².